The predicted octanol–water partition coefficient (Wildman–Crippen LogP) is 3.51. The Labute approximate surface area is 183 Å². The zero-order chi connectivity index (χ0) is 22.1. The molecule has 0 aliphatic carbocycles. The molecule has 1 atom stereocenters. The molecule has 8 nitrogen and oxygen atoms in total. The van der Waals surface area contributed by atoms with Gasteiger partial charge in [-0.2, -0.15) is 5.10 Å². The Morgan fingerprint density at radius 1 is 1.23 bits per heavy atom. The van der Waals surface area contributed by atoms with Crippen molar-refractivity contribution < 1.29 is 9.21 Å². The average Bonchev–Trinajstić information content (AvgIpc) is 3.34. The van der Waals surface area contributed by atoms with Crippen molar-refractivity contribution in [2.75, 3.05) is 5.32 Å². The van der Waals surface area contributed by atoms with Crippen LogP contribution in [-0.4, -0.2) is 30.5 Å². The summed E-state index contributed by atoms with van der Waals surface area (Å²) in [6.07, 6.45) is 1.57. The van der Waals surface area contributed by atoms with Crippen LogP contribution in [0.15, 0.2) is 57.0 Å². The summed E-state index contributed by atoms with van der Waals surface area (Å²) in [5, 5.41) is 7.79. The highest BCUT2D eigenvalue weighted by Crippen LogP contribution is 2.26. The van der Waals surface area contributed by atoms with Gasteiger partial charge < -0.3 is 9.73 Å². The molecule has 160 valence electrons. The summed E-state index contributed by atoms with van der Waals surface area (Å²) < 4.78 is 8.72. The van der Waals surface area contributed by atoms with Crippen LogP contribution in [0, 0.1) is 13.8 Å². The summed E-state index contributed by atoms with van der Waals surface area (Å²) >= 11 is 1.24. The summed E-state index contributed by atoms with van der Waals surface area (Å²) in [5.41, 5.74) is 2.76. The fraction of sp³-hybridized carbons (Fsp3) is 0.273. The molecule has 9 heteroatoms. The van der Waals surface area contributed by atoms with Gasteiger partial charge in [-0.05, 0) is 45.0 Å². The van der Waals surface area contributed by atoms with E-state index in [1.54, 1.807) is 46.7 Å². The van der Waals surface area contributed by atoms with E-state index in [-0.39, 0.29) is 18.0 Å². The Balaban J connectivity index is 1.66. The number of anilines is 1. The van der Waals surface area contributed by atoms with Crippen molar-refractivity contribution in [3.8, 4) is 0 Å². The molecule has 4 rings (SSSR count). The van der Waals surface area contributed by atoms with Crippen molar-refractivity contribution in [2.45, 2.75) is 37.7 Å². The number of benzene rings is 1. The van der Waals surface area contributed by atoms with Crippen LogP contribution in [0.1, 0.15) is 24.1 Å². The van der Waals surface area contributed by atoms with Gasteiger partial charge >= 0.3 is 0 Å². The van der Waals surface area contributed by atoms with Crippen LogP contribution in [0.5, 0.6) is 0 Å². The summed E-state index contributed by atoms with van der Waals surface area (Å²) in [7, 11) is 1.84. The molecule has 1 amide bonds. The highest BCUT2D eigenvalue weighted by atomic mass is 32.2. The second kappa shape index (κ2) is 8.43. The molecule has 0 saturated heterocycles. The van der Waals surface area contributed by atoms with Gasteiger partial charge in [-0.1, -0.05) is 23.9 Å². The molecule has 4 aromatic rings. The third-order valence-corrected chi connectivity index (χ3v) is 6.22. The SMILES string of the molecule is Cc1nn(C)c(C)c1NC(=O)C(C)Sc1nc2ccccc2c(=O)n1Cc1ccco1. The molecule has 0 saturated carbocycles. The number of aryl methyl sites for hydroxylation is 2. The van der Waals surface area contributed by atoms with Crippen molar-refractivity contribution in [1.82, 2.24) is 19.3 Å². The number of thioether (sulfide) groups is 1. The molecule has 1 N–H and O–H groups in total. The Morgan fingerprint density at radius 2 is 2.00 bits per heavy atom. The fourth-order valence-corrected chi connectivity index (χ4v) is 4.23. The molecular formula is C22H23N5O3S. The zero-order valence-electron chi connectivity index (χ0n) is 17.7. The van der Waals surface area contributed by atoms with Gasteiger partial charge in [-0.3, -0.25) is 18.8 Å². The van der Waals surface area contributed by atoms with E-state index in [0.29, 0.717) is 27.5 Å². The maximum absolute atomic E-state index is 13.2. The van der Waals surface area contributed by atoms with Gasteiger partial charge in [0.15, 0.2) is 5.16 Å². The Kier molecular flexibility index (Phi) is 5.69. The van der Waals surface area contributed by atoms with Gasteiger partial charge in [0.2, 0.25) is 5.91 Å². The predicted molar refractivity (Wildman–Crippen MR) is 120 cm³/mol. The van der Waals surface area contributed by atoms with Crippen molar-refractivity contribution in [3.05, 3.63) is 70.2 Å². The van der Waals surface area contributed by atoms with Crippen LogP contribution in [0.4, 0.5) is 5.69 Å². The minimum Gasteiger partial charge on any atom is -0.467 e. The number of rotatable bonds is 6. The molecule has 0 spiro atoms. The number of carbonyl (C=O) groups excluding carboxylic acids is 1. The Bertz CT molecular complexity index is 1310. The van der Waals surface area contributed by atoms with Gasteiger partial charge in [0.05, 0.1) is 46.0 Å². The highest BCUT2D eigenvalue weighted by molar-refractivity contribution is 8.00. The molecule has 0 radical (unpaired) electrons. The number of amides is 1. The van der Waals surface area contributed by atoms with Crippen LogP contribution in [0.25, 0.3) is 10.9 Å². The number of fused-ring (bicyclic) bond motifs is 1. The van der Waals surface area contributed by atoms with E-state index < -0.39 is 5.25 Å². The van der Waals surface area contributed by atoms with Crippen LogP contribution in [-0.2, 0) is 18.4 Å². The first-order valence-electron chi connectivity index (χ1n) is 9.85. The maximum Gasteiger partial charge on any atom is 0.262 e. The van der Waals surface area contributed by atoms with E-state index in [1.807, 2.05) is 33.0 Å². The van der Waals surface area contributed by atoms with Gasteiger partial charge in [0.25, 0.3) is 5.56 Å². The first kappa shape index (κ1) is 20.9. The largest absolute Gasteiger partial charge is 0.467 e. The second-order valence-electron chi connectivity index (χ2n) is 7.30. The van der Waals surface area contributed by atoms with E-state index in [0.717, 1.165) is 11.4 Å². The monoisotopic (exact) mass is 437 g/mol. The van der Waals surface area contributed by atoms with Crippen molar-refractivity contribution >= 4 is 34.3 Å². The third-order valence-electron chi connectivity index (χ3n) is 5.13. The van der Waals surface area contributed by atoms with E-state index in [1.165, 1.54) is 11.8 Å². The lowest BCUT2D eigenvalue weighted by Gasteiger charge is -2.16. The lowest BCUT2D eigenvalue weighted by molar-refractivity contribution is -0.115. The van der Waals surface area contributed by atoms with Crippen LogP contribution < -0.4 is 10.9 Å². The summed E-state index contributed by atoms with van der Waals surface area (Å²) in [5.74, 6) is 0.455. The first-order chi connectivity index (χ1) is 14.8. The maximum atomic E-state index is 13.2. The van der Waals surface area contributed by atoms with E-state index in [9.17, 15) is 9.59 Å². The Morgan fingerprint density at radius 3 is 2.68 bits per heavy atom. The molecule has 0 aliphatic rings. The first-order valence-corrected chi connectivity index (χ1v) is 10.7. The van der Waals surface area contributed by atoms with Crippen LogP contribution >= 0.6 is 11.8 Å². The number of aromatic nitrogens is 4. The zero-order valence-corrected chi connectivity index (χ0v) is 18.6. The van der Waals surface area contributed by atoms with Crippen molar-refractivity contribution in [1.29, 1.82) is 0 Å². The number of nitrogens with one attached hydrogen (secondary N) is 1. The number of hydrogen-bond acceptors (Lipinski definition) is 6. The molecule has 1 unspecified atom stereocenters. The molecule has 1 aromatic carbocycles. The fourth-order valence-electron chi connectivity index (χ4n) is 3.33. The number of nitrogens with zero attached hydrogens (tertiary/aromatic N) is 4. The minimum atomic E-state index is -0.491. The summed E-state index contributed by atoms with van der Waals surface area (Å²) in [6.45, 7) is 5.78. The van der Waals surface area contributed by atoms with Gasteiger partial charge in [-0.25, -0.2) is 4.98 Å². The number of carbonyl (C=O) groups is 1. The quantitative estimate of drug-likeness (QED) is 0.366. The molecule has 0 bridgehead atoms. The lowest BCUT2D eigenvalue weighted by atomic mass is 10.2. The molecule has 0 fully saturated rings. The van der Waals surface area contributed by atoms with Crippen LogP contribution in [0.3, 0.4) is 0 Å². The molecule has 0 aliphatic heterocycles. The van der Waals surface area contributed by atoms with Crippen LogP contribution in [0.2, 0.25) is 0 Å². The lowest BCUT2D eigenvalue weighted by Crippen LogP contribution is -2.27. The molecular weight excluding hydrogens is 414 g/mol. The molecule has 31 heavy (non-hydrogen) atoms. The van der Waals surface area contributed by atoms with Gasteiger partial charge in [0.1, 0.15) is 5.76 Å². The molecule has 3 aromatic heterocycles. The highest BCUT2D eigenvalue weighted by Gasteiger charge is 2.22. The second-order valence-corrected chi connectivity index (χ2v) is 8.61. The molecule has 3 heterocycles. The third kappa shape index (κ3) is 4.13. The number of furan rings is 1. The van der Waals surface area contributed by atoms with E-state index in [4.69, 9.17) is 4.42 Å². The van der Waals surface area contributed by atoms with Gasteiger partial charge in [0, 0.05) is 7.05 Å². The van der Waals surface area contributed by atoms with Crippen molar-refractivity contribution in [2.24, 2.45) is 7.05 Å². The van der Waals surface area contributed by atoms with E-state index >= 15 is 0 Å². The topological polar surface area (TPSA) is 95.0 Å². The van der Waals surface area contributed by atoms with E-state index in [2.05, 4.69) is 15.4 Å². The van der Waals surface area contributed by atoms with Crippen molar-refractivity contribution in [3.63, 3.8) is 0 Å². The number of para-hydroxylation sites is 1. The number of hydrogen-bond donors (Lipinski definition) is 1. The standard InChI is InChI=1S/C22H23N5O3S/c1-13-19(14(2)26(4)25-13)24-20(28)15(3)31-22-23-18-10-6-5-9-17(18)21(29)27(22)12-16-8-7-11-30-16/h5-11,15H,12H2,1-4H3,(H,24,28). The minimum absolute atomic E-state index is 0.170. The smallest absolute Gasteiger partial charge is 0.262 e. The Hall–Kier alpha value is -3.33. The summed E-state index contributed by atoms with van der Waals surface area (Å²) in [6, 6.07) is 10.8. The average molecular weight is 438 g/mol. The summed E-state index contributed by atoms with van der Waals surface area (Å²) in [4.78, 5) is 30.7. The normalized spacial score (nSPS) is 12.3. The van der Waals surface area contributed by atoms with Gasteiger partial charge in [-0.15, -0.1) is 0 Å².